The molecular weight excluding hydrogens is 252 g/mol. The Labute approximate surface area is 122 Å². The van der Waals surface area contributed by atoms with Crippen LogP contribution in [0.4, 0.5) is 0 Å². The molecule has 4 heteroatoms. The second kappa shape index (κ2) is 5.15. The lowest BCUT2D eigenvalue weighted by Gasteiger charge is -2.28. The molecule has 20 heavy (non-hydrogen) atoms. The van der Waals surface area contributed by atoms with E-state index in [0.717, 1.165) is 24.4 Å². The third-order valence-electron chi connectivity index (χ3n) is 4.33. The number of aromatic nitrogens is 1. The molecule has 1 N–H and O–H groups in total. The summed E-state index contributed by atoms with van der Waals surface area (Å²) in [5, 5.41) is 7.72. The van der Waals surface area contributed by atoms with Crippen LogP contribution in [0, 0.1) is 13.8 Å². The van der Waals surface area contributed by atoms with E-state index in [1.165, 1.54) is 5.56 Å². The van der Waals surface area contributed by atoms with Crippen molar-refractivity contribution in [3.63, 3.8) is 0 Å². The fraction of sp³-hybridized carbons (Fsp3) is 0.812. The molecule has 0 unspecified atom stereocenters. The van der Waals surface area contributed by atoms with Crippen molar-refractivity contribution in [2.24, 2.45) is 0 Å². The zero-order chi connectivity index (χ0) is 15.1. The maximum absolute atomic E-state index is 6.13. The minimum absolute atomic E-state index is 0.0482. The number of aryl methyl sites for hydroxylation is 2. The van der Waals surface area contributed by atoms with Crippen LogP contribution in [0.15, 0.2) is 4.52 Å². The number of hydrogen-bond acceptors (Lipinski definition) is 4. The fourth-order valence-electron chi connectivity index (χ4n) is 3.49. The molecule has 0 aliphatic carbocycles. The van der Waals surface area contributed by atoms with Gasteiger partial charge in [-0.05, 0) is 53.9 Å². The molecule has 1 aromatic heterocycles. The summed E-state index contributed by atoms with van der Waals surface area (Å²) in [5.74, 6) is 1.32. The van der Waals surface area contributed by atoms with Gasteiger partial charge in [0, 0.05) is 18.2 Å². The molecule has 0 amide bonds. The monoisotopic (exact) mass is 280 g/mol. The maximum Gasteiger partial charge on any atom is 0.137 e. The first-order valence-electron chi connectivity index (χ1n) is 7.49. The highest BCUT2D eigenvalue weighted by Gasteiger charge is 2.45. The van der Waals surface area contributed by atoms with Crippen molar-refractivity contribution >= 4 is 0 Å². The Kier molecular flexibility index (Phi) is 4.00. The van der Waals surface area contributed by atoms with E-state index in [2.05, 4.69) is 45.1 Å². The second-order valence-corrected chi connectivity index (χ2v) is 7.27. The highest BCUT2D eigenvalue weighted by Crippen LogP contribution is 2.37. The summed E-state index contributed by atoms with van der Waals surface area (Å²) < 4.78 is 11.4. The molecule has 0 saturated carbocycles. The average Bonchev–Trinajstić information content (AvgIpc) is 2.72. The van der Waals surface area contributed by atoms with Gasteiger partial charge in [-0.3, -0.25) is 0 Å². The average molecular weight is 280 g/mol. The van der Waals surface area contributed by atoms with Gasteiger partial charge in [0.15, 0.2) is 0 Å². The van der Waals surface area contributed by atoms with E-state index >= 15 is 0 Å². The predicted octanol–water partition coefficient (Wildman–Crippen LogP) is 3.33. The molecule has 4 nitrogen and oxygen atoms in total. The van der Waals surface area contributed by atoms with Gasteiger partial charge in [-0.2, -0.15) is 0 Å². The fourth-order valence-corrected chi connectivity index (χ4v) is 3.49. The number of hydrogen-bond donors (Lipinski definition) is 1. The highest BCUT2D eigenvalue weighted by molar-refractivity contribution is 5.25. The van der Waals surface area contributed by atoms with Crippen LogP contribution in [0.3, 0.4) is 0 Å². The molecule has 0 aromatic carbocycles. The Morgan fingerprint density at radius 1 is 1.30 bits per heavy atom. The molecule has 0 bridgehead atoms. The number of rotatable bonds is 4. The van der Waals surface area contributed by atoms with Crippen molar-refractivity contribution in [1.82, 2.24) is 10.5 Å². The van der Waals surface area contributed by atoms with Crippen molar-refractivity contribution in [3.05, 3.63) is 17.0 Å². The van der Waals surface area contributed by atoms with Crippen LogP contribution in [0.5, 0.6) is 0 Å². The summed E-state index contributed by atoms with van der Waals surface area (Å²) >= 11 is 0. The Bertz CT molecular complexity index is 457. The summed E-state index contributed by atoms with van der Waals surface area (Å²) in [4.78, 5) is 0. The van der Waals surface area contributed by atoms with Gasteiger partial charge < -0.3 is 14.6 Å². The van der Waals surface area contributed by atoms with Gasteiger partial charge in [-0.25, -0.2) is 0 Å². The van der Waals surface area contributed by atoms with Gasteiger partial charge in [0.25, 0.3) is 0 Å². The summed E-state index contributed by atoms with van der Waals surface area (Å²) in [6.07, 6.45) is 1.04. The van der Waals surface area contributed by atoms with Crippen molar-refractivity contribution in [2.75, 3.05) is 6.54 Å². The molecule has 2 atom stereocenters. The molecule has 2 rings (SSSR count). The normalized spacial score (nSPS) is 25.9. The van der Waals surface area contributed by atoms with Gasteiger partial charge in [0.1, 0.15) is 5.76 Å². The van der Waals surface area contributed by atoms with E-state index < -0.39 is 0 Å². The smallest absolute Gasteiger partial charge is 0.137 e. The topological polar surface area (TPSA) is 47.3 Å². The molecule has 1 saturated heterocycles. The summed E-state index contributed by atoms with van der Waals surface area (Å²) in [6.45, 7) is 15.8. The van der Waals surface area contributed by atoms with Crippen LogP contribution in [0.25, 0.3) is 0 Å². The van der Waals surface area contributed by atoms with Crippen LogP contribution in [-0.2, 0) is 4.74 Å². The molecular formula is C16H28N2O2. The van der Waals surface area contributed by atoms with Crippen molar-refractivity contribution < 1.29 is 9.26 Å². The van der Waals surface area contributed by atoms with Gasteiger partial charge in [0.05, 0.1) is 16.9 Å². The predicted molar refractivity (Wildman–Crippen MR) is 80.0 cm³/mol. The minimum atomic E-state index is -0.123. The Morgan fingerprint density at radius 3 is 2.40 bits per heavy atom. The van der Waals surface area contributed by atoms with Gasteiger partial charge in [0.2, 0.25) is 0 Å². The molecule has 0 spiro atoms. The lowest BCUT2D eigenvalue weighted by Crippen LogP contribution is -2.44. The molecule has 0 radical (unpaired) electrons. The second-order valence-electron chi connectivity index (χ2n) is 7.27. The van der Waals surface area contributed by atoms with Crippen LogP contribution >= 0.6 is 0 Å². The molecule has 1 aromatic rings. The van der Waals surface area contributed by atoms with Crippen molar-refractivity contribution in [1.29, 1.82) is 0 Å². The SMILES string of the molecule is Cc1noc(C)c1[C@@H](C)CN[C@@H]1CC(C)(C)OC1(C)C. The van der Waals surface area contributed by atoms with E-state index in [0.29, 0.717) is 12.0 Å². The molecule has 114 valence electrons. The van der Waals surface area contributed by atoms with E-state index in [1.807, 2.05) is 13.8 Å². The zero-order valence-electron chi connectivity index (χ0n) is 13.8. The summed E-state index contributed by atoms with van der Waals surface area (Å²) in [5.41, 5.74) is 2.06. The van der Waals surface area contributed by atoms with Crippen molar-refractivity contribution in [2.45, 2.75) is 78.0 Å². The molecule has 1 fully saturated rings. The maximum atomic E-state index is 6.13. The molecule has 2 heterocycles. The van der Waals surface area contributed by atoms with E-state index in [1.54, 1.807) is 0 Å². The third-order valence-corrected chi connectivity index (χ3v) is 4.33. The first-order chi connectivity index (χ1) is 9.12. The highest BCUT2D eigenvalue weighted by atomic mass is 16.5. The van der Waals surface area contributed by atoms with Crippen LogP contribution in [0.2, 0.25) is 0 Å². The van der Waals surface area contributed by atoms with Crippen LogP contribution in [-0.4, -0.2) is 28.9 Å². The van der Waals surface area contributed by atoms with Gasteiger partial charge in [-0.15, -0.1) is 0 Å². The van der Waals surface area contributed by atoms with Gasteiger partial charge >= 0.3 is 0 Å². The molecule has 1 aliphatic rings. The number of nitrogens with one attached hydrogen (secondary N) is 1. The van der Waals surface area contributed by atoms with Crippen LogP contribution in [0.1, 0.15) is 64.0 Å². The summed E-state index contributed by atoms with van der Waals surface area (Å²) in [7, 11) is 0. The summed E-state index contributed by atoms with van der Waals surface area (Å²) in [6, 6.07) is 0.375. The quantitative estimate of drug-likeness (QED) is 0.919. The first-order valence-corrected chi connectivity index (χ1v) is 7.49. The zero-order valence-corrected chi connectivity index (χ0v) is 13.8. The standard InChI is InChI=1S/C16H28N2O2/c1-10(14-11(2)18-19-12(14)3)9-17-13-8-15(4,5)20-16(13,6)7/h10,13,17H,8-9H2,1-7H3/t10-,13+/m0/s1. The first kappa shape index (κ1) is 15.5. The minimum Gasteiger partial charge on any atom is -0.368 e. The Balaban J connectivity index is 1.99. The Hall–Kier alpha value is -0.870. The van der Waals surface area contributed by atoms with Crippen molar-refractivity contribution in [3.8, 4) is 0 Å². The number of ether oxygens (including phenoxy) is 1. The lowest BCUT2D eigenvalue weighted by molar-refractivity contribution is -0.0698. The van der Waals surface area contributed by atoms with E-state index in [-0.39, 0.29) is 11.2 Å². The largest absolute Gasteiger partial charge is 0.368 e. The molecule has 1 aliphatic heterocycles. The number of nitrogens with zero attached hydrogens (tertiary/aromatic N) is 1. The van der Waals surface area contributed by atoms with E-state index in [9.17, 15) is 0 Å². The van der Waals surface area contributed by atoms with Gasteiger partial charge in [-0.1, -0.05) is 12.1 Å². The van der Waals surface area contributed by atoms with E-state index in [4.69, 9.17) is 9.26 Å². The third kappa shape index (κ3) is 3.07. The Morgan fingerprint density at radius 2 is 1.95 bits per heavy atom. The lowest BCUT2D eigenvalue weighted by atomic mass is 9.93. The van der Waals surface area contributed by atoms with Crippen LogP contribution < -0.4 is 5.32 Å².